The first kappa shape index (κ1) is 14.4. The van der Waals surface area contributed by atoms with Crippen LogP contribution in [0.2, 0.25) is 5.02 Å². The van der Waals surface area contributed by atoms with Gasteiger partial charge in [0.25, 0.3) is 5.56 Å². The van der Waals surface area contributed by atoms with Crippen molar-refractivity contribution in [3.8, 4) is 23.1 Å². The zero-order valence-electron chi connectivity index (χ0n) is 10.7. The highest BCUT2D eigenvalue weighted by atomic mass is 35.5. The Balaban J connectivity index is 2.81. The Kier molecular flexibility index (Phi) is 4.32. The van der Waals surface area contributed by atoms with Gasteiger partial charge in [0.1, 0.15) is 23.1 Å². The van der Waals surface area contributed by atoms with Crippen LogP contribution in [0.1, 0.15) is 5.56 Å². The number of rotatable bonds is 3. The van der Waals surface area contributed by atoms with Crippen LogP contribution < -0.4 is 10.3 Å². The molecule has 0 atom stereocenters. The first-order chi connectivity index (χ1) is 9.60. The molecule has 20 heavy (non-hydrogen) atoms. The number of aromatic nitrogens is 2. The highest BCUT2D eigenvalue weighted by molar-refractivity contribution is 7.98. The smallest absolute Gasteiger partial charge is 0.270 e. The summed E-state index contributed by atoms with van der Waals surface area (Å²) in [5.41, 5.74) is 0.227. The second-order valence-corrected chi connectivity index (χ2v) is 4.99. The molecule has 0 aliphatic carbocycles. The maximum absolute atomic E-state index is 11.9. The molecule has 0 unspecified atom stereocenters. The minimum absolute atomic E-state index is 0.0663. The lowest BCUT2D eigenvalue weighted by Gasteiger charge is -2.10. The summed E-state index contributed by atoms with van der Waals surface area (Å²) in [4.78, 5) is 18.7. The molecule has 1 heterocycles. The number of nitriles is 1. The number of nitrogens with zero attached hydrogens (tertiary/aromatic N) is 2. The number of halogens is 1. The molecule has 0 radical (unpaired) electrons. The maximum Gasteiger partial charge on any atom is 0.270 e. The van der Waals surface area contributed by atoms with Gasteiger partial charge in [0.15, 0.2) is 5.16 Å². The third-order valence-corrected chi connectivity index (χ3v) is 3.43. The van der Waals surface area contributed by atoms with Gasteiger partial charge in [0.2, 0.25) is 0 Å². The lowest BCUT2D eigenvalue weighted by Crippen LogP contribution is -2.14. The summed E-state index contributed by atoms with van der Waals surface area (Å²) in [7, 11) is 1.50. The van der Waals surface area contributed by atoms with E-state index in [9.17, 15) is 4.79 Å². The molecule has 0 spiro atoms. The fourth-order valence-corrected chi connectivity index (χ4v) is 2.26. The van der Waals surface area contributed by atoms with Crippen LogP contribution in [-0.4, -0.2) is 23.3 Å². The Bertz CT molecular complexity index is 752. The first-order valence-corrected chi connectivity index (χ1v) is 7.13. The fraction of sp³-hybridized carbons (Fsp3) is 0.154. The van der Waals surface area contributed by atoms with Crippen molar-refractivity contribution < 1.29 is 4.74 Å². The molecule has 0 fully saturated rings. The molecule has 102 valence electrons. The number of benzene rings is 1. The molecule has 5 nitrogen and oxygen atoms in total. The van der Waals surface area contributed by atoms with E-state index in [4.69, 9.17) is 21.6 Å². The fourth-order valence-electron chi connectivity index (χ4n) is 1.71. The van der Waals surface area contributed by atoms with Gasteiger partial charge >= 0.3 is 0 Å². The van der Waals surface area contributed by atoms with Crippen molar-refractivity contribution in [2.75, 3.05) is 13.4 Å². The van der Waals surface area contributed by atoms with E-state index in [1.165, 1.54) is 18.9 Å². The number of hydrogen-bond acceptors (Lipinski definition) is 5. The molecular weight excluding hydrogens is 298 g/mol. The molecule has 0 amide bonds. The van der Waals surface area contributed by atoms with Crippen LogP contribution in [0.15, 0.2) is 28.2 Å². The summed E-state index contributed by atoms with van der Waals surface area (Å²) >= 11 is 7.25. The number of ether oxygens (including phenoxy) is 1. The van der Waals surface area contributed by atoms with E-state index in [1.54, 1.807) is 24.5 Å². The molecule has 0 saturated carbocycles. The van der Waals surface area contributed by atoms with Crippen LogP contribution in [-0.2, 0) is 0 Å². The Hall–Kier alpha value is -1.97. The molecule has 1 N–H and O–H groups in total. The van der Waals surface area contributed by atoms with E-state index >= 15 is 0 Å². The molecule has 1 aromatic carbocycles. The van der Waals surface area contributed by atoms with Crippen molar-refractivity contribution in [1.29, 1.82) is 5.26 Å². The Morgan fingerprint density at radius 3 is 2.85 bits per heavy atom. The molecule has 0 aliphatic rings. The summed E-state index contributed by atoms with van der Waals surface area (Å²) in [6, 6.07) is 6.82. The van der Waals surface area contributed by atoms with Crippen LogP contribution in [0.5, 0.6) is 5.75 Å². The Morgan fingerprint density at radius 2 is 2.25 bits per heavy atom. The van der Waals surface area contributed by atoms with Gasteiger partial charge in [-0.1, -0.05) is 23.4 Å². The van der Waals surface area contributed by atoms with Crippen molar-refractivity contribution in [2.45, 2.75) is 5.16 Å². The van der Waals surface area contributed by atoms with Gasteiger partial charge in [-0.25, -0.2) is 4.98 Å². The molecule has 2 aromatic rings. The van der Waals surface area contributed by atoms with Crippen molar-refractivity contribution in [3.63, 3.8) is 0 Å². The van der Waals surface area contributed by atoms with Gasteiger partial charge in [-0.05, 0) is 24.5 Å². The highest BCUT2D eigenvalue weighted by Gasteiger charge is 2.17. The zero-order valence-corrected chi connectivity index (χ0v) is 12.3. The number of methoxy groups -OCH3 is 1. The van der Waals surface area contributed by atoms with E-state index in [0.717, 1.165) is 0 Å². The van der Waals surface area contributed by atoms with E-state index < -0.39 is 5.56 Å². The molecule has 0 aliphatic heterocycles. The third-order valence-electron chi connectivity index (χ3n) is 2.62. The largest absolute Gasteiger partial charge is 0.496 e. The molecule has 0 saturated heterocycles. The van der Waals surface area contributed by atoms with Gasteiger partial charge in [-0.3, -0.25) is 4.79 Å². The number of thioether (sulfide) groups is 1. The summed E-state index contributed by atoms with van der Waals surface area (Å²) in [6.07, 6.45) is 1.78. The molecule has 7 heteroatoms. The molecule has 1 aromatic heterocycles. The summed E-state index contributed by atoms with van der Waals surface area (Å²) < 4.78 is 5.24. The lowest BCUT2D eigenvalue weighted by molar-refractivity contribution is 0.416. The van der Waals surface area contributed by atoms with Crippen molar-refractivity contribution in [1.82, 2.24) is 9.97 Å². The summed E-state index contributed by atoms with van der Waals surface area (Å²) in [6.45, 7) is 0. The lowest BCUT2D eigenvalue weighted by atomic mass is 10.1. The first-order valence-electron chi connectivity index (χ1n) is 5.53. The minimum Gasteiger partial charge on any atom is -0.496 e. The third kappa shape index (κ3) is 2.64. The van der Waals surface area contributed by atoms with Crippen LogP contribution in [0.25, 0.3) is 11.3 Å². The van der Waals surface area contributed by atoms with E-state index in [2.05, 4.69) is 9.97 Å². The van der Waals surface area contributed by atoms with Crippen molar-refractivity contribution in [2.24, 2.45) is 0 Å². The number of H-pyrrole nitrogens is 1. The highest BCUT2D eigenvalue weighted by Crippen LogP contribution is 2.32. The summed E-state index contributed by atoms with van der Waals surface area (Å²) in [5, 5.41) is 10.1. The zero-order chi connectivity index (χ0) is 14.7. The predicted molar refractivity (Wildman–Crippen MR) is 78.4 cm³/mol. The van der Waals surface area contributed by atoms with Crippen molar-refractivity contribution in [3.05, 3.63) is 39.1 Å². The van der Waals surface area contributed by atoms with Crippen LogP contribution in [0, 0.1) is 11.3 Å². The average Bonchev–Trinajstić information content (AvgIpc) is 2.46. The van der Waals surface area contributed by atoms with Crippen LogP contribution in [0.3, 0.4) is 0 Å². The van der Waals surface area contributed by atoms with E-state index in [-0.39, 0.29) is 11.3 Å². The Morgan fingerprint density at radius 1 is 1.50 bits per heavy atom. The van der Waals surface area contributed by atoms with Gasteiger partial charge in [0, 0.05) is 10.6 Å². The summed E-state index contributed by atoms with van der Waals surface area (Å²) in [5.74, 6) is 0.496. The number of hydrogen-bond donors (Lipinski definition) is 1. The Labute approximate surface area is 124 Å². The second-order valence-electron chi connectivity index (χ2n) is 3.76. The van der Waals surface area contributed by atoms with Crippen LogP contribution in [0.4, 0.5) is 0 Å². The quantitative estimate of drug-likeness (QED) is 0.696. The SMILES string of the molecule is COc1ccc(Cl)cc1-c1nc(SC)[nH]c(=O)c1C#N. The topological polar surface area (TPSA) is 78.8 Å². The minimum atomic E-state index is -0.483. The van der Waals surface area contributed by atoms with Crippen molar-refractivity contribution >= 4 is 23.4 Å². The standard InChI is InChI=1S/C13H10ClN3O2S/c1-19-10-4-3-7(14)5-8(10)11-9(6-15)12(18)17-13(16-11)20-2/h3-5H,1-2H3,(H,16,17,18). The normalized spacial score (nSPS) is 10.1. The molecular formula is C13H10ClN3O2S. The predicted octanol–water partition coefficient (Wildman–Crippen LogP) is 2.69. The van der Waals surface area contributed by atoms with Gasteiger partial charge in [-0.2, -0.15) is 5.26 Å². The van der Waals surface area contributed by atoms with Gasteiger partial charge < -0.3 is 9.72 Å². The van der Waals surface area contributed by atoms with Crippen LogP contribution >= 0.6 is 23.4 Å². The maximum atomic E-state index is 11.9. The number of nitrogens with one attached hydrogen (secondary N) is 1. The monoisotopic (exact) mass is 307 g/mol. The van der Waals surface area contributed by atoms with Gasteiger partial charge in [0.05, 0.1) is 7.11 Å². The second kappa shape index (κ2) is 5.99. The average molecular weight is 308 g/mol. The molecule has 2 rings (SSSR count). The van der Waals surface area contributed by atoms with E-state index in [1.807, 2.05) is 6.07 Å². The molecule has 0 bridgehead atoms. The van der Waals surface area contributed by atoms with Gasteiger partial charge in [-0.15, -0.1) is 0 Å². The number of aromatic amines is 1. The van der Waals surface area contributed by atoms with E-state index in [0.29, 0.717) is 21.5 Å².